The number of hydrogen-bond acceptors (Lipinski definition) is 2. The van der Waals surface area contributed by atoms with E-state index in [1.165, 1.54) is 32.1 Å². The molecule has 0 saturated carbocycles. The maximum atomic E-state index is 11.5. The van der Waals surface area contributed by atoms with Gasteiger partial charge < -0.3 is 5.73 Å². The Balaban J connectivity index is 3.11. The van der Waals surface area contributed by atoms with Gasteiger partial charge in [0.1, 0.15) is 5.78 Å². The molecule has 0 aliphatic carbocycles. The van der Waals surface area contributed by atoms with Crippen LogP contribution in [0.25, 0.3) is 0 Å². The summed E-state index contributed by atoms with van der Waals surface area (Å²) in [6, 6.07) is 0. The predicted molar refractivity (Wildman–Crippen MR) is 70.5 cm³/mol. The Morgan fingerprint density at radius 1 is 0.812 bits per heavy atom. The van der Waals surface area contributed by atoms with Crippen molar-refractivity contribution in [1.82, 2.24) is 0 Å². The Labute approximate surface area is 101 Å². The third kappa shape index (κ3) is 11.7. The van der Waals surface area contributed by atoms with E-state index in [0.29, 0.717) is 5.78 Å². The lowest BCUT2D eigenvalue weighted by molar-refractivity contribution is -0.119. The van der Waals surface area contributed by atoms with Crippen LogP contribution in [-0.4, -0.2) is 12.3 Å². The summed E-state index contributed by atoms with van der Waals surface area (Å²) in [5, 5.41) is 0. The lowest BCUT2D eigenvalue weighted by Crippen LogP contribution is -2.00. The highest BCUT2D eigenvalue weighted by atomic mass is 16.1. The van der Waals surface area contributed by atoms with E-state index in [-0.39, 0.29) is 0 Å². The second kappa shape index (κ2) is 12.7. The zero-order chi connectivity index (χ0) is 12.1. The molecule has 0 aromatic carbocycles. The van der Waals surface area contributed by atoms with E-state index in [1.807, 2.05) is 0 Å². The van der Waals surface area contributed by atoms with Crippen LogP contribution in [-0.2, 0) is 4.79 Å². The predicted octanol–water partition coefficient (Wildman–Crippen LogP) is 3.83. The number of unbranched alkanes of at least 4 members (excludes halogenated alkanes) is 7. The molecule has 0 saturated heterocycles. The second-order valence-electron chi connectivity index (χ2n) is 4.66. The molecule has 0 fully saturated rings. The summed E-state index contributed by atoms with van der Waals surface area (Å²) in [5.74, 6) is 0.451. The molecule has 0 aliphatic rings. The Morgan fingerprint density at radius 2 is 1.31 bits per heavy atom. The number of carbonyl (C=O) groups is 1. The van der Waals surface area contributed by atoms with Crippen LogP contribution in [0.15, 0.2) is 0 Å². The van der Waals surface area contributed by atoms with Gasteiger partial charge >= 0.3 is 0 Å². The fourth-order valence-corrected chi connectivity index (χ4v) is 1.87. The molecular weight excluding hydrogens is 198 g/mol. The molecule has 0 rings (SSSR count). The normalized spacial score (nSPS) is 10.6. The third-order valence-corrected chi connectivity index (χ3v) is 2.97. The van der Waals surface area contributed by atoms with Crippen LogP contribution in [0.2, 0.25) is 0 Å². The Bertz CT molecular complexity index is 157. The lowest BCUT2D eigenvalue weighted by atomic mass is 10.0. The molecule has 16 heavy (non-hydrogen) atoms. The van der Waals surface area contributed by atoms with Gasteiger partial charge in [-0.15, -0.1) is 0 Å². The monoisotopic (exact) mass is 227 g/mol. The number of nitrogens with two attached hydrogens (primary N) is 1. The number of carbonyl (C=O) groups excluding carboxylic acids is 1. The second-order valence-corrected chi connectivity index (χ2v) is 4.66. The standard InChI is InChI=1S/C14H29NO/c1-2-3-4-5-6-8-11-14(16)12-9-7-10-13-15/h2-13,15H2,1H3. The summed E-state index contributed by atoms with van der Waals surface area (Å²) >= 11 is 0. The Hall–Kier alpha value is -0.370. The number of rotatable bonds is 12. The minimum atomic E-state index is 0.451. The zero-order valence-corrected chi connectivity index (χ0v) is 11.0. The maximum absolute atomic E-state index is 11.5. The maximum Gasteiger partial charge on any atom is 0.132 e. The van der Waals surface area contributed by atoms with Crippen LogP contribution in [0.4, 0.5) is 0 Å². The summed E-state index contributed by atoms with van der Waals surface area (Å²) in [7, 11) is 0. The number of Topliss-reactive ketones (excluding diaryl/α,β-unsaturated/α-hetero) is 1. The van der Waals surface area contributed by atoms with Gasteiger partial charge in [-0.1, -0.05) is 45.4 Å². The zero-order valence-electron chi connectivity index (χ0n) is 11.0. The summed E-state index contributed by atoms with van der Waals surface area (Å²) < 4.78 is 0. The fourth-order valence-electron chi connectivity index (χ4n) is 1.87. The third-order valence-electron chi connectivity index (χ3n) is 2.97. The van der Waals surface area contributed by atoms with Crippen LogP contribution >= 0.6 is 0 Å². The largest absolute Gasteiger partial charge is 0.330 e. The van der Waals surface area contributed by atoms with Crippen LogP contribution in [0.1, 0.15) is 77.6 Å². The van der Waals surface area contributed by atoms with Crippen molar-refractivity contribution in [3.05, 3.63) is 0 Å². The van der Waals surface area contributed by atoms with E-state index in [1.54, 1.807) is 0 Å². The van der Waals surface area contributed by atoms with Gasteiger partial charge in [-0.2, -0.15) is 0 Å². The summed E-state index contributed by atoms with van der Waals surface area (Å²) in [5.41, 5.74) is 5.40. The van der Waals surface area contributed by atoms with E-state index in [9.17, 15) is 4.79 Å². The molecule has 2 nitrogen and oxygen atoms in total. The van der Waals surface area contributed by atoms with Gasteiger partial charge in [-0.25, -0.2) is 0 Å². The molecule has 0 aromatic heterocycles. The van der Waals surface area contributed by atoms with Crippen molar-refractivity contribution in [3.8, 4) is 0 Å². The van der Waals surface area contributed by atoms with Crippen molar-refractivity contribution >= 4 is 5.78 Å². The molecule has 0 atom stereocenters. The van der Waals surface area contributed by atoms with Crippen LogP contribution < -0.4 is 5.73 Å². The van der Waals surface area contributed by atoms with Gasteiger partial charge in [0.25, 0.3) is 0 Å². The highest BCUT2D eigenvalue weighted by Gasteiger charge is 2.01. The first-order valence-electron chi connectivity index (χ1n) is 7.03. The average molecular weight is 227 g/mol. The molecule has 96 valence electrons. The first-order chi connectivity index (χ1) is 7.81. The van der Waals surface area contributed by atoms with E-state index in [4.69, 9.17) is 5.73 Å². The molecule has 0 radical (unpaired) electrons. The molecular formula is C14H29NO. The van der Waals surface area contributed by atoms with Crippen molar-refractivity contribution in [3.63, 3.8) is 0 Å². The van der Waals surface area contributed by atoms with Crippen molar-refractivity contribution in [2.45, 2.75) is 77.6 Å². The molecule has 0 aliphatic heterocycles. The topological polar surface area (TPSA) is 43.1 Å². The summed E-state index contributed by atoms with van der Waals surface area (Å²) in [6.45, 7) is 2.98. The lowest BCUT2D eigenvalue weighted by Gasteiger charge is -2.01. The minimum absolute atomic E-state index is 0.451. The highest BCUT2D eigenvalue weighted by Crippen LogP contribution is 2.09. The molecule has 0 aromatic rings. The molecule has 0 bridgehead atoms. The molecule has 0 amide bonds. The van der Waals surface area contributed by atoms with E-state index >= 15 is 0 Å². The van der Waals surface area contributed by atoms with Crippen molar-refractivity contribution in [1.29, 1.82) is 0 Å². The molecule has 2 N–H and O–H groups in total. The highest BCUT2D eigenvalue weighted by molar-refractivity contribution is 5.78. The van der Waals surface area contributed by atoms with Gasteiger partial charge in [-0.3, -0.25) is 4.79 Å². The SMILES string of the molecule is CCCCCCCCC(=O)CCCCCN. The molecule has 0 spiro atoms. The first-order valence-corrected chi connectivity index (χ1v) is 7.03. The van der Waals surface area contributed by atoms with Crippen LogP contribution in [0.5, 0.6) is 0 Å². The Morgan fingerprint density at radius 3 is 1.88 bits per heavy atom. The van der Waals surface area contributed by atoms with Crippen LogP contribution in [0, 0.1) is 0 Å². The number of hydrogen-bond donors (Lipinski definition) is 1. The van der Waals surface area contributed by atoms with Crippen molar-refractivity contribution < 1.29 is 4.79 Å². The summed E-state index contributed by atoms with van der Waals surface area (Å²) in [4.78, 5) is 11.5. The van der Waals surface area contributed by atoms with Gasteiger partial charge in [0.15, 0.2) is 0 Å². The smallest absolute Gasteiger partial charge is 0.132 e. The molecule has 0 heterocycles. The fraction of sp³-hybridized carbons (Fsp3) is 0.929. The van der Waals surface area contributed by atoms with E-state index < -0.39 is 0 Å². The van der Waals surface area contributed by atoms with Gasteiger partial charge in [0.05, 0.1) is 0 Å². The van der Waals surface area contributed by atoms with Gasteiger partial charge in [-0.05, 0) is 25.8 Å². The quantitative estimate of drug-likeness (QED) is 0.515. The van der Waals surface area contributed by atoms with E-state index in [0.717, 1.165) is 45.1 Å². The summed E-state index contributed by atoms with van der Waals surface area (Å²) in [6.07, 6.45) is 12.4. The first kappa shape index (κ1) is 15.6. The average Bonchev–Trinajstić information content (AvgIpc) is 2.29. The minimum Gasteiger partial charge on any atom is -0.330 e. The van der Waals surface area contributed by atoms with Gasteiger partial charge in [0, 0.05) is 12.8 Å². The van der Waals surface area contributed by atoms with Crippen LogP contribution in [0.3, 0.4) is 0 Å². The number of ketones is 1. The van der Waals surface area contributed by atoms with Gasteiger partial charge in [0.2, 0.25) is 0 Å². The van der Waals surface area contributed by atoms with E-state index in [2.05, 4.69) is 6.92 Å². The van der Waals surface area contributed by atoms with Crippen molar-refractivity contribution in [2.75, 3.05) is 6.54 Å². The Kier molecular flexibility index (Phi) is 12.4. The van der Waals surface area contributed by atoms with Crippen molar-refractivity contribution in [2.24, 2.45) is 5.73 Å². The molecule has 2 heteroatoms. The molecule has 0 unspecified atom stereocenters.